The van der Waals surface area contributed by atoms with Crippen LogP contribution in [0.2, 0.25) is 0 Å². The van der Waals surface area contributed by atoms with E-state index in [1.807, 2.05) is 0 Å². The van der Waals surface area contributed by atoms with Crippen LogP contribution in [-0.4, -0.2) is 33.0 Å². The molecular weight excluding hydrogens is 372 g/mol. The number of hydrogen-bond donors (Lipinski definition) is 1. The Labute approximate surface area is 171 Å². The zero-order chi connectivity index (χ0) is 19.9. The van der Waals surface area contributed by atoms with Crippen molar-refractivity contribution in [2.24, 2.45) is 0 Å². The maximum atomic E-state index is 12.5. The molecule has 152 valence electrons. The number of carbonyl (C=O) groups excluding carboxylic acids is 1. The molecule has 3 rings (SSSR count). The maximum Gasteiger partial charge on any atom is 0.251 e. The second kappa shape index (κ2) is 9.96. The number of benzene rings is 1. The van der Waals surface area contributed by atoms with Crippen LogP contribution >= 0.6 is 11.8 Å². The fourth-order valence-corrected chi connectivity index (χ4v) is 4.46. The van der Waals surface area contributed by atoms with Gasteiger partial charge >= 0.3 is 0 Å². The summed E-state index contributed by atoms with van der Waals surface area (Å²) < 4.78 is 7.43. The summed E-state index contributed by atoms with van der Waals surface area (Å²) in [5, 5.41) is 13.4. The minimum Gasteiger partial charge on any atom is -0.497 e. The minimum atomic E-state index is -0.114. The molecule has 7 heteroatoms. The zero-order valence-electron chi connectivity index (χ0n) is 17.0. The molecule has 1 fully saturated rings. The first-order valence-electron chi connectivity index (χ1n) is 10.1. The average Bonchev–Trinajstić information content (AvgIpc) is 3.14. The summed E-state index contributed by atoms with van der Waals surface area (Å²) in [5.74, 6) is 1.47. The molecule has 1 N–H and O–H groups in total. The van der Waals surface area contributed by atoms with E-state index >= 15 is 0 Å². The van der Waals surface area contributed by atoms with Gasteiger partial charge in [0.2, 0.25) is 0 Å². The minimum absolute atomic E-state index is 0.114. The lowest BCUT2D eigenvalue weighted by atomic mass is 9.95. The summed E-state index contributed by atoms with van der Waals surface area (Å²) in [6.45, 7) is 4.79. The van der Waals surface area contributed by atoms with Gasteiger partial charge in [0.25, 0.3) is 5.91 Å². The Bertz CT molecular complexity index is 769. The summed E-state index contributed by atoms with van der Waals surface area (Å²) in [4.78, 5) is 12.5. The highest BCUT2D eigenvalue weighted by atomic mass is 32.2. The van der Waals surface area contributed by atoms with Crippen LogP contribution in [0.25, 0.3) is 0 Å². The number of nitrogens with one attached hydrogen (secondary N) is 1. The van der Waals surface area contributed by atoms with E-state index in [1.165, 1.54) is 19.3 Å². The van der Waals surface area contributed by atoms with Gasteiger partial charge in [-0.05, 0) is 43.5 Å². The number of aromatic nitrogens is 3. The van der Waals surface area contributed by atoms with Gasteiger partial charge in [-0.2, -0.15) is 0 Å². The van der Waals surface area contributed by atoms with Crippen molar-refractivity contribution in [1.82, 2.24) is 20.1 Å². The van der Waals surface area contributed by atoms with Gasteiger partial charge in [0, 0.05) is 16.9 Å². The van der Waals surface area contributed by atoms with Gasteiger partial charge in [-0.15, -0.1) is 10.2 Å². The number of methoxy groups -OCH3 is 1. The van der Waals surface area contributed by atoms with Crippen molar-refractivity contribution < 1.29 is 9.53 Å². The molecule has 1 aromatic carbocycles. The Morgan fingerprint density at radius 2 is 1.96 bits per heavy atom. The first-order chi connectivity index (χ1) is 13.6. The monoisotopic (exact) mass is 402 g/mol. The van der Waals surface area contributed by atoms with Crippen molar-refractivity contribution >= 4 is 17.7 Å². The quantitative estimate of drug-likeness (QED) is 0.653. The Kier molecular flexibility index (Phi) is 7.36. The first-order valence-corrected chi connectivity index (χ1v) is 11.0. The zero-order valence-corrected chi connectivity index (χ0v) is 17.8. The third-order valence-electron chi connectivity index (χ3n) is 5.32. The van der Waals surface area contributed by atoms with Gasteiger partial charge in [0.1, 0.15) is 5.75 Å². The third-order valence-corrected chi connectivity index (χ3v) is 6.54. The molecule has 1 aliphatic rings. The molecule has 0 aliphatic heterocycles. The number of amides is 1. The molecule has 0 unspecified atom stereocenters. The van der Waals surface area contributed by atoms with Crippen LogP contribution in [0.15, 0.2) is 29.4 Å². The van der Waals surface area contributed by atoms with Crippen LogP contribution in [0.4, 0.5) is 0 Å². The fourth-order valence-electron chi connectivity index (χ4n) is 3.48. The summed E-state index contributed by atoms with van der Waals surface area (Å²) >= 11 is 1.78. The van der Waals surface area contributed by atoms with Crippen molar-refractivity contribution in [3.63, 3.8) is 0 Å². The summed E-state index contributed by atoms with van der Waals surface area (Å²) in [7, 11) is 1.61. The predicted octanol–water partition coefficient (Wildman–Crippen LogP) is 4.61. The predicted molar refractivity (Wildman–Crippen MR) is 112 cm³/mol. The molecule has 1 aliphatic carbocycles. The molecule has 28 heavy (non-hydrogen) atoms. The molecular formula is C21H30N4O2S. The second-order valence-corrected chi connectivity index (χ2v) is 8.71. The van der Waals surface area contributed by atoms with E-state index < -0.39 is 0 Å². The highest BCUT2D eigenvalue weighted by Crippen LogP contribution is 2.34. The highest BCUT2D eigenvalue weighted by molar-refractivity contribution is 7.99. The standard InChI is InChI=1S/C21H30N4O2S/c1-4-15(2)28-21-24-23-19(25(21)17-8-6-5-7-9-17)14-22-20(26)16-10-12-18(27-3)13-11-16/h10-13,15,17H,4-9,14H2,1-3H3,(H,22,26)/t15-/m0/s1. The number of ether oxygens (including phenoxy) is 1. The molecule has 0 saturated heterocycles. The van der Waals surface area contributed by atoms with Crippen LogP contribution in [0, 0.1) is 0 Å². The summed E-state index contributed by atoms with van der Waals surface area (Å²) in [5.41, 5.74) is 0.610. The van der Waals surface area contributed by atoms with Crippen LogP contribution in [0.3, 0.4) is 0 Å². The van der Waals surface area contributed by atoms with E-state index in [-0.39, 0.29) is 5.91 Å². The Morgan fingerprint density at radius 3 is 2.61 bits per heavy atom. The van der Waals surface area contributed by atoms with Gasteiger partial charge in [0.05, 0.1) is 13.7 Å². The fraction of sp³-hybridized carbons (Fsp3) is 0.571. The molecule has 1 heterocycles. The van der Waals surface area contributed by atoms with Crippen LogP contribution in [0.1, 0.15) is 74.6 Å². The van der Waals surface area contributed by atoms with Crippen molar-refractivity contribution in [3.8, 4) is 5.75 Å². The van der Waals surface area contributed by atoms with E-state index in [2.05, 4.69) is 33.9 Å². The first kappa shape index (κ1) is 20.7. The van der Waals surface area contributed by atoms with Crippen LogP contribution in [0.5, 0.6) is 5.75 Å². The lowest BCUT2D eigenvalue weighted by Gasteiger charge is -2.26. The van der Waals surface area contributed by atoms with E-state index in [4.69, 9.17) is 4.74 Å². The average molecular weight is 403 g/mol. The third kappa shape index (κ3) is 5.07. The van der Waals surface area contributed by atoms with Gasteiger partial charge in [-0.25, -0.2) is 0 Å². The molecule has 1 atom stereocenters. The Balaban J connectivity index is 1.73. The van der Waals surface area contributed by atoms with E-state index in [0.29, 0.717) is 23.4 Å². The Hall–Kier alpha value is -2.02. The summed E-state index contributed by atoms with van der Waals surface area (Å²) in [6, 6.07) is 7.55. The highest BCUT2D eigenvalue weighted by Gasteiger charge is 2.24. The molecule has 1 aromatic heterocycles. The molecule has 1 saturated carbocycles. The maximum absolute atomic E-state index is 12.5. The lowest BCUT2D eigenvalue weighted by molar-refractivity contribution is 0.0949. The number of nitrogens with zero attached hydrogens (tertiary/aromatic N) is 3. The topological polar surface area (TPSA) is 69.0 Å². The van der Waals surface area contributed by atoms with E-state index in [0.717, 1.165) is 36.0 Å². The van der Waals surface area contributed by atoms with Crippen molar-refractivity contribution in [1.29, 1.82) is 0 Å². The molecule has 1 amide bonds. The number of rotatable bonds is 8. The second-order valence-electron chi connectivity index (χ2n) is 7.31. The van der Waals surface area contributed by atoms with E-state index in [1.54, 1.807) is 43.1 Å². The van der Waals surface area contributed by atoms with Crippen LogP contribution in [-0.2, 0) is 6.54 Å². The number of hydrogen-bond acceptors (Lipinski definition) is 5. The normalized spacial score (nSPS) is 16.0. The van der Waals surface area contributed by atoms with Gasteiger partial charge in [-0.1, -0.05) is 44.9 Å². The molecule has 0 bridgehead atoms. The molecule has 0 spiro atoms. The molecule has 2 aromatic rings. The number of thioether (sulfide) groups is 1. The Morgan fingerprint density at radius 1 is 1.25 bits per heavy atom. The number of carbonyl (C=O) groups is 1. The van der Waals surface area contributed by atoms with Crippen molar-refractivity contribution in [3.05, 3.63) is 35.7 Å². The largest absolute Gasteiger partial charge is 0.497 e. The lowest BCUT2D eigenvalue weighted by Crippen LogP contribution is -2.26. The van der Waals surface area contributed by atoms with Gasteiger partial charge in [-0.3, -0.25) is 4.79 Å². The SMILES string of the molecule is CC[C@H](C)Sc1nnc(CNC(=O)c2ccc(OC)cc2)n1C1CCCCC1. The van der Waals surface area contributed by atoms with Crippen LogP contribution < -0.4 is 10.1 Å². The van der Waals surface area contributed by atoms with E-state index in [9.17, 15) is 4.79 Å². The van der Waals surface area contributed by atoms with Gasteiger partial charge < -0.3 is 14.6 Å². The summed E-state index contributed by atoms with van der Waals surface area (Å²) in [6.07, 6.45) is 7.20. The molecule has 0 radical (unpaired) electrons. The van der Waals surface area contributed by atoms with Gasteiger partial charge in [0.15, 0.2) is 11.0 Å². The van der Waals surface area contributed by atoms with Crippen molar-refractivity contribution in [2.45, 2.75) is 75.4 Å². The smallest absolute Gasteiger partial charge is 0.251 e. The van der Waals surface area contributed by atoms with Crippen molar-refractivity contribution in [2.75, 3.05) is 7.11 Å². The molecule has 6 nitrogen and oxygen atoms in total.